The van der Waals surface area contributed by atoms with E-state index in [1.807, 2.05) is 19.1 Å². The molecule has 0 saturated heterocycles. The highest BCUT2D eigenvalue weighted by molar-refractivity contribution is 5.89. The summed E-state index contributed by atoms with van der Waals surface area (Å²) in [5, 5.41) is 0. The van der Waals surface area contributed by atoms with Crippen LogP contribution in [0.15, 0.2) is 24.3 Å². The average Bonchev–Trinajstić information content (AvgIpc) is 2.38. The Morgan fingerprint density at radius 1 is 1.50 bits per heavy atom. The Balaban J connectivity index is 2.34. The molecule has 0 saturated carbocycles. The highest BCUT2D eigenvalue weighted by atomic mass is 19.1. The first-order valence-electron chi connectivity index (χ1n) is 6.29. The molecule has 1 aromatic rings. The number of carbonyl (C=O) groups excluding carboxylic acids is 1. The minimum Gasteiger partial charge on any atom is -0.466 e. The number of carbonyl (C=O) groups is 1. The van der Waals surface area contributed by atoms with Gasteiger partial charge in [-0.25, -0.2) is 4.39 Å². The molecule has 0 fully saturated rings. The first-order chi connectivity index (χ1) is 8.65. The van der Waals surface area contributed by atoms with E-state index in [-0.39, 0.29) is 17.7 Å². The lowest BCUT2D eigenvalue weighted by atomic mass is 9.84. The predicted molar refractivity (Wildman–Crippen MR) is 68.5 cm³/mol. The summed E-state index contributed by atoms with van der Waals surface area (Å²) in [4.78, 5) is 11.8. The van der Waals surface area contributed by atoms with Crippen molar-refractivity contribution in [1.82, 2.24) is 0 Å². The Morgan fingerprint density at radius 3 is 3.00 bits per heavy atom. The van der Waals surface area contributed by atoms with Gasteiger partial charge in [0.2, 0.25) is 0 Å². The SMILES string of the molecule is CCOC(=O)[C@@H](C)C1=CCCc2c(F)cccc21. The molecule has 96 valence electrons. The van der Waals surface area contributed by atoms with E-state index in [1.165, 1.54) is 6.07 Å². The number of ether oxygens (including phenoxy) is 1. The van der Waals surface area contributed by atoms with Crippen molar-refractivity contribution in [3.63, 3.8) is 0 Å². The van der Waals surface area contributed by atoms with E-state index >= 15 is 0 Å². The Bertz CT molecular complexity index is 491. The van der Waals surface area contributed by atoms with Gasteiger partial charge < -0.3 is 4.74 Å². The van der Waals surface area contributed by atoms with Crippen molar-refractivity contribution >= 4 is 11.5 Å². The molecule has 18 heavy (non-hydrogen) atoms. The first kappa shape index (κ1) is 12.8. The van der Waals surface area contributed by atoms with E-state index in [4.69, 9.17) is 4.74 Å². The molecular formula is C15H17FO2. The average molecular weight is 248 g/mol. The van der Waals surface area contributed by atoms with Crippen molar-refractivity contribution < 1.29 is 13.9 Å². The Hall–Kier alpha value is -1.64. The molecule has 0 aliphatic heterocycles. The largest absolute Gasteiger partial charge is 0.466 e. The maximum Gasteiger partial charge on any atom is 0.313 e. The van der Waals surface area contributed by atoms with Gasteiger partial charge in [-0.05, 0) is 49.5 Å². The molecule has 0 N–H and O–H groups in total. The summed E-state index contributed by atoms with van der Waals surface area (Å²) in [6.45, 7) is 3.96. The van der Waals surface area contributed by atoms with Gasteiger partial charge in [-0.15, -0.1) is 0 Å². The summed E-state index contributed by atoms with van der Waals surface area (Å²) in [7, 11) is 0. The second kappa shape index (κ2) is 5.34. The van der Waals surface area contributed by atoms with E-state index in [1.54, 1.807) is 13.0 Å². The summed E-state index contributed by atoms with van der Waals surface area (Å²) < 4.78 is 18.7. The number of benzene rings is 1. The zero-order valence-corrected chi connectivity index (χ0v) is 10.7. The normalized spacial score (nSPS) is 15.6. The van der Waals surface area contributed by atoms with Crippen LogP contribution in [0, 0.1) is 11.7 Å². The van der Waals surface area contributed by atoms with Crippen LogP contribution >= 0.6 is 0 Å². The van der Waals surface area contributed by atoms with Crippen LogP contribution in [0.5, 0.6) is 0 Å². The minimum absolute atomic E-state index is 0.186. The number of esters is 1. The fourth-order valence-corrected chi connectivity index (χ4v) is 2.37. The molecule has 0 heterocycles. The molecule has 0 amide bonds. The van der Waals surface area contributed by atoms with E-state index in [0.717, 1.165) is 17.6 Å². The van der Waals surface area contributed by atoms with Crippen molar-refractivity contribution in [2.24, 2.45) is 5.92 Å². The molecule has 3 heteroatoms. The topological polar surface area (TPSA) is 26.3 Å². The van der Waals surface area contributed by atoms with Crippen molar-refractivity contribution in [2.75, 3.05) is 6.61 Å². The zero-order chi connectivity index (χ0) is 13.1. The van der Waals surface area contributed by atoms with Crippen LogP contribution in [0.25, 0.3) is 5.57 Å². The molecule has 1 aromatic carbocycles. The fraction of sp³-hybridized carbons (Fsp3) is 0.400. The monoisotopic (exact) mass is 248 g/mol. The molecule has 0 radical (unpaired) electrons. The second-order valence-electron chi connectivity index (χ2n) is 4.44. The summed E-state index contributed by atoms with van der Waals surface area (Å²) in [5.74, 6) is -0.777. The van der Waals surface area contributed by atoms with Gasteiger partial charge in [-0.1, -0.05) is 18.2 Å². The maximum atomic E-state index is 13.7. The quantitative estimate of drug-likeness (QED) is 0.767. The van der Waals surface area contributed by atoms with Crippen LogP contribution < -0.4 is 0 Å². The van der Waals surface area contributed by atoms with E-state index in [9.17, 15) is 9.18 Å². The standard InChI is InChI=1S/C15H17FO2/c1-3-18-15(17)10(2)11-6-4-8-13-12(11)7-5-9-14(13)16/h5-7,9-10H,3-4,8H2,1-2H3/t10-/m0/s1. The third kappa shape index (κ3) is 2.30. The molecule has 2 rings (SSSR count). The van der Waals surface area contributed by atoms with Gasteiger partial charge in [-0.3, -0.25) is 4.79 Å². The third-order valence-corrected chi connectivity index (χ3v) is 3.30. The van der Waals surface area contributed by atoms with Crippen molar-refractivity contribution in [3.8, 4) is 0 Å². The molecule has 1 aliphatic rings. The lowest BCUT2D eigenvalue weighted by Gasteiger charge is -2.22. The van der Waals surface area contributed by atoms with Gasteiger partial charge >= 0.3 is 5.97 Å². The highest BCUT2D eigenvalue weighted by Crippen LogP contribution is 2.33. The molecule has 0 unspecified atom stereocenters. The van der Waals surface area contributed by atoms with Gasteiger partial charge in [-0.2, -0.15) is 0 Å². The number of halogens is 1. The summed E-state index contributed by atoms with van der Waals surface area (Å²) >= 11 is 0. The summed E-state index contributed by atoms with van der Waals surface area (Å²) in [5.41, 5.74) is 2.45. The van der Waals surface area contributed by atoms with Gasteiger partial charge in [0.05, 0.1) is 12.5 Å². The van der Waals surface area contributed by atoms with Crippen molar-refractivity contribution in [3.05, 3.63) is 41.2 Å². The predicted octanol–water partition coefficient (Wildman–Crippen LogP) is 3.35. The molecule has 0 spiro atoms. The van der Waals surface area contributed by atoms with E-state index in [0.29, 0.717) is 18.6 Å². The lowest BCUT2D eigenvalue weighted by Crippen LogP contribution is -2.18. The van der Waals surface area contributed by atoms with Gasteiger partial charge in [0.15, 0.2) is 0 Å². The lowest BCUT2D eigenvalue weighted by molar-refractivity contribution is -0.145. The van der Waals surface area contributed by atoms with Crippen LogP contribution in [0.1, 0.15) is 31.4 Å². The number of allylic oxidation sites excluding steroid dienone is 1. The van der Waals surface area contributed by atoms with Crippen molar-refractivity contribution in [1.29, 1.82) is 0 Å². The second-order valence-corrected chi connectivity index (χ2v) is 4.44. The van der Waals surface area contributed by atoms with Gasteiger partial charge in [0.1, 0.15) is 5.82 Å². The Morgan fingerprint density at radius 2 is 2.28 bits per heavy atom. The van der Waals surface area contributed by atoms with E-state index in [2.05, 4.69) is 0 Å². The maximum absolute atomic E-state index is 13.7. The van der Waals surface area contributed by atoms with Crippen LogP contribution in [-0.4, -0.2) is 12.6 Å². The fourth-order valence-electron chi connectivity index (χ4n) is 2.37. The van der Waals surface area contributed by atoms with Crippen LogP contribution in [0.4, 0.5) is 4.39 Å². The smallest absolute Gasteiger partial charge is 0.313 e. The Kier molecular flexibility index (Phi) is 3.80. The van der Waals surface area contributed by atoms with E-state index < -0.39 is 0 Å². The molecule has 2 nitrogen and oxygen atoms in total. The third-order valence-electron chi connectivity index (χ3n) is 3.30. The minimum atomic E-state index is -0.342. The van der Waals surface area contributed by atoms with Crippen LogP contribution in [0.2, 0.25) is 0 Å². The van der Waals surface area contributed by atoms with Gasteiger partial charge in [0.25, 0.3) is 0 Å². The summed E-state index contributed by atoms with van der Waals surface area (Å²) in [6, 6.07) is 5.03. The highest BCUT2D eigenvalue weighted by Gasteiger charge is 2.25. The summed E-state index contributed by atoms with van der Waals surface area (Å²) in [6.07, 6.45) is 3.48. The zero-order valence-electron chi connectivity index (χ0n) is 10.7. The molecule has 1 atom stereocenters. The number of hydrogen-bond acceptors (Lipinski definition) is 2. The number of fused-ring (bicyclic) bond motifs is 1. The van der Waals surface area contributed by atoms with Crippen LogP contribution in [-0.2, 0) is 16.0 Å². The Labute approximate surface area is 106 Å². The van der Waals surface area contributed by atoms with Crippen molar-refractivity contribution in [2.45, 2.75) is 26.7 Å². The number of rotatable bonds is 3. The molecule has 0 bridgehead atoms. The molecular weight excluding hydrogens is 231 g/mol. The molecule has 1 aliphatic carbocycles. The van der Waals surface area contributed by atoms with Crippen LogP contribution in [0.3, 0.4) is 0 Å². The first-order valence-corrected chi connectivity index (χ1v) is 6.29. The number of hydrogen-bond donors (Lipinski definition) is 0. The molecule has 0 aromatic heterocycles. The van der Waals surface area contributed by atoms with Gasteiger partial charge in [0, 0.05) is 0 Å².